The van der Waals surface area contributed by atoms with Crippen LogP contribution in [0.1, 0.15) is 24.8 Å². The third-order valence-corrected chi connectivity index (χ3v) is 4.21. The smallest absolute Gasteiger partial charge is 0.311 e. The fourth-order valence-electron chi connectivity index (χ4n) is 2.79. The van der Waals surface area contributed by atoms with Crippen molar-refractivity contribution in [3.63, 3.8) is 0 Å². The predicted molar refractivity (Wildman–Crippen MR) is 85.5 cm³/mol. The highest BCUT2D eigenvalue weighted by Crippen LogP contribution is 2.33. The normalized spacial score (nSPS) is 20.0. The number of pyridine rings is 1. The molecule has 1 aliphatic rings. The number of halogens is 4. The number of benzene rings is 1. The van der Waals surface area contributed by atoms with Crippen molar-refractivity contribution >= 4 is 11.7 Å². The number of rotatable bonds is 4. The molecule has 2 aromatic rings. The van der Waals surface area contributed by atoms with Crippen LogP contribution >= 0.6 is 0 Å². The molecule has 1 aliphatic carbocycles. The molecule has 1 aromatic heterocycles. The van der Waals surface area contributed by atoms with Crippen LogP contribution in [0.2, 0.25) is 0 Å². The zero-order chi connectivity index (χ0) is 18.0. The molecular formula is C18H16F4N2O. The number of nitrogens with zero attached hydrogens (tertiary/aromatic N) is 1. The first-order valence-corrected chi connectivity index (χ1v) is 7.89. The third-order valence-electron chi connectivity index (χ3n) is 4.21. The minimum Gasteiger partial charge on any atom is -0.311 e. The maximum atomic E-state index is 12.8. The fraction of sp³-hybridized carbons (Fsp3) is 0.333. The van der Waals surface area contributed by atoms with Crippen molar-refractivity contribution in [2.24, 2.45) is 5.92 Å². The Bertz CT molecular complexity index is 752. The monoisotopic (exact) mass is 352 g/mol. The van der Waals surface area contributed by atoms with Crippen LogP contribution in [0.4, 0.5) is 23.4 Å². The molecule has 0 spiro atoms. The van der Waals surface area contributed by atoms with E-state index in [0.717, 1.165) is 12.1 Å². The molecule has 0 atom stereocenters. The van der Waals surface area contributed by atoms with Crippen LogP contribution in [-0.4, -0.2) is 17.1 Å². The number of nitrogens with one attached hydrogen (secondary N) is 1. The van der Waals surface area contributed by atoms with E-state index in [9.17, 15) is 22.4 Å². The second-order valence-electron chi connectivity index (χ2n) is 6.20. The molecular weight excluding hydrogens is 336 g/mol. The molecule has 1 heterocycles. The SMILES string of the molecule is O=C(CC1CC(F)C1)Nc1ccc(-c2cccc(C(F)(F)F)c2)cn1. The summed E-state index contributed by atoms with van der Waals surface area (Å²) in [5, 5.41) is 2.62. The summed E-state index contributed by atoms with van der Waals surface area (Å²) in [6, 6.07) is 8.09. The number of hydrogen-bond donors (Lipinski definition) is 1. The number of amides is 1. The molecule has 0 unspecified atom stereocenters. The first-order chi connectivity index (χ1) is 11.8. The van der Waals surface area contributed by atoms with Gasteiger partial charge in [0, 0.05) is 18.2 Å². The quantitative estimate of drug-likeness (QED) is 0.800. The van der Waals surface area contributed by atoms with Crippen LogP contribution in [0.5, 0.6) is 0 Å². The number of hydrogen-bond acceptors (Lipinski definition) is 2. The zero-order valence-electron chi connectivity index (χ0n) is 13.2. The van der Waals surface area contributed by atoms with Crippen molar-refractivity contribution in [3.05, 3.63) is 48.2 Å². The zero-order valence-corrected chi connectivity index (χ0v) is 13.2. The average Bonchev–Trinajstić information content (AvgIpc) is 2.53. The lowest BCUT2D eigenvalue weighted by molar-refractivity contribution is -0.137. The largest absolute Gasteiger partial charge is 0.416 e. The average molecular weight is 352 g/mol. The van der Waals surface area contributed by atoms with Gasteiger partial charge in [-0.25, -0.2) is 9.37 Å². The highest BCUT2D eigenvalue weighted by atomic mass is 19.4. The van der Waals surface area contributed by atoms with Crippen LogP contribution < -0.4 is 5.32 Å². The van der Waals surface area contributed by atoms with Crippen LogP contribution in [-0.2, 0) is 11.0 Å². The maximum absolute atomic E-state index is 12.8. The fourth-order valence-corrected chi connectivity index (χ4v) is 2.79. The second-order valence-corrected chi connectivity index (χ2v) is 6.20. The van der Waals surface area contributed by atoms with Gasteiger partial charge in [-0.3, -0.25) is 4.79 Å². The van der Waals surface area contributed by atoms with Gasteiger partial charge in [0.2, 0.25) is 5.91 Å². The lowest BCUT2D eigenvalue weighted by Crippen LogP contribution is -2.29. The van der Waals surface area contributed by atoms with Gasteiger partial charge in [0.05, 0.1) is 5.56 Å². The van der Waals surface area contributed by atoms with Gasteiger partial charge in [0.25, 0.3) is 0 Å². The molecule has 0 aliphatic heterocycles. The summed E-state index contributed by atoms with van der Waals surface area (Å²) in [6.45, 7) is 0. The van der Waals surface area contributed by atoms with Gasteiger partial charge in [-0.15, -0.1) is 0 Å². The van der Waals surface area contributed by atoms with E-state index in [1.54, 1.807) is 12.1 Å². The molecule has 0 radical (unpaired) electrons. The first kappa shape index (κ1) is 17.4. The van der Waals surface area contributed by atoms with Gasteiger partial charge in [0.15, 0.2) is 0 Å². The Hall–Kier alpha value is -2.44. The Morgan fingerprint density at radius 3 is 2.52 bits per heavy atom. The van der Waals surface area contributed by atoms with Crippen molar-refractivity contribution in [3.8, 4) is 11.1 Å². The molecule has 1 N–H and O–H groups in total. The van der Waals surface area contributed by atoms with Crippen LogP contribution in [0.15, 0.2) is 42.6 Å². The molecule has 7 heteroatoms. The standard InChI is InChI=1S/C18H16F4N2O/c19-15-6-11(7-15)8-17(25)24-16-5-4-13(10-23-16)12-2-1-3-14(9-12)18(20,21)22/h1-5,9-11,15H,6-8H2,(H,23,24,25). The molecule has 25 heavy (non-hydrogen) atoms. The van der Waals surface area contributed by atoms with Gasteiger partial charge >= 0.3 is 6.18 Å². The summed E-state index contributed by atoms with van der Waals surface area (Å²) in [7, 11) is 0. The summed E-state index contributed by atoms with van der Waals surface area (Å²) < 4.78 is 51.0. The molecule has 1 amide bonds. The Labute approximate surface area is 142 Å². The van der Waals surface area contributed by atoms with E-state index >= 15 is 0 Å². The topological polar surface area (TPSA) is 42.0 Å². The lowest BCUT2D eigenvalue weighted by Gasteiger charge is -2.28. The molecule has 0 bridgehead atoms. The lowest BCUT2D eigenvalue weighted by atomic mass is 9.81. The summed E-state index contributed by atoms with van der Waals surface area (Å²) in [5.41, 5.74) is 0.182. The van der Waals surface area contributed by atoms with Gasteiger partial charge in [-0.05, 0) is 48.6 Å². The van der Waals surface area contributed by atoms with Crippen LogP contribution in [0.3, 0.4) is 0 Å². The molecule has 0 saturated heterocycles. The van der Waals surface area contributed by atoms with Crippen molar-refractivity contribution in [2.45, 2.75) is 31.6 Å². The molecule has 132 valence electrons. The van der Waals surface area contributed by atoms with E-state index in [-0.39, 0.29) is 18.2 Å². The van der Waals surface area contributed by atoms with E-state index in [1.807, 2.05) is 0 Å². The van der Waals surface area contributed by atoms with Gasteiger partial charge in [0.1, 0.15) is 12.0 Å². The maximum Gasteiger partial charge on any atom is 0.416 e. The Balaban J connectivity index is 1.65. The van der Waals surface area contributed by atoms with Crippen LogP contribution in [0, 0.1) is 5.92 Å². The Kier molecular flexibility index (Phi) is 4.74. The number of alkyl halides is 4. The number of carbonyl (C=O) groups is 1. The summed E-state index contributed by atoms with van der Waals surface area (Å²) in [5.74, 6) is 0.146. The van der Waals surface area contributed by atoms with Crippen molar-refractivity contribution in [2.75, 3.05) is 5.32 Å². The van der Waals surface area contributed by atoms with Crippen molar-refractivity contribution in [1.82, 2.24) is 4.98 Å². The van der Waals surface area contributed by atoms with Gasteiger partial charge in [-0.2, -0.15) is 13.2 Å². The van der Waals surface area contributed by atoms with Crippen molar-refractivity contribution < 1.29 is 22.4 Å². The van der Waals surface area contributed by atoms with E-state index in [2.05, 4.69) is 10.3 Å². The number of aromatic nitrogens is 1. The minimum absolute atomic E-state index is 0.0689. The van der Waals surface area contributed by atoms with E-state index in [1.165, 1.54) is 18.3 Å². The minimum atomic E-state index is -4.41. The number of carbonyl (C=O) groups excluding carboxylic acids is 1. The van der Waals surface area contributed by atoms with Crippen molar-refractivity contribution in [1.29, 1.82) is 0 Å². The molecule has 1 aromatic carbocycles. The van der Waals surface area contributed by atoms with Crippen LogP contribution in [0.25, 0.3) is 11.1 Å². The summed E-state index contributed by atoms with van der Waals surface area (Å²) in [4.78, 5) is 15.9. The highest BCUT2D eigenvalue weighted by Gasteiger charge is 2.31. The highest BCUT2D eigenvalue weighted by molar-refractivity contribution is 5.90. The van der Waals surface area contributed by atoms with E-state index in [4.69, 9.17) is 0 Å². The van der Waals surface area contributed by atoms with E-state index in [0.29, 0.717) is 29.8 Å². The van der Waals surface area contributed by atoms with E-state index < -0.39 is 17.9 Å². The predicted octanol–water partition coefficient (Wildman–Crippen LogP) is 4.84. The Morgan fingerprint density at radius 1 is 1.16 bits per heavy atom. The molecule has 1 saturated carbocycles. The summed E-state index contributed by atoms with van der Waals surface area (Å²) >= 11 is 0. The molecule has 3 rings (SSSR count). The molecule has 1 fully saturated rings. The third kappa shape index (κ3) is 4.35. The first-order valence-electron chi connectivity index (χ1n) is 7.89. The number of anilines is 1. The molecule has 3 nitrogen and oxygen atoms in total. The second kappa shape index (κ2) is 6.82. The van der Waals surface area contributed by atoms with Gasteiger partial charge < -0.3 is 5.32 Å². The summed E-state index contributed by atoms with van der Waals surface area (Å²) in [6.07, 6.45) is -2.73. The Morgan fingerprint density at radius 2 is 1.92 bits per heavy atom. The van der Waals surface area contributed by atoms with Gasteiger partial charge in [-0.1, -0.05) is 12.1 Å².